The second-order valence-electron chi connectivity index (χ2n) is 4.35. The van der Waals surface area contributed by atoms with Crippen LogP contribution in [0.3, 0.4) is 0 Å². The van der Waals surface area contributed by atoms with Gasteiger partial charge in [0.1, 0.15) is 0 Å². The molecule has 0 fully saturated rings. The van der Waals surface area contributed by atoms with E-state index < -0.39 is 0 Å². The number of anilines is 1. The van der Waals surface area contributed by atoms with Crippen molar-refractivity contribution in [2.24, 2.45) is 0 Å². The molecule has 2 rings (SSSR count). The van der Waals surface area contributed by atoms with Crippen LogP contribution in [0.15, 0.2) is 34.1 Å². The van der Waals surface area contributed by atoms with Crippen molar-refractivity contribution in [2.75, 3.05) is 5.32 Å². The van der Waals surface area contributed by atoms with E-state index in [9.17, 15) is 0 Å². The molecule has 1 N–H and O–H groups in total. The molecule has 0 saturated carbocycles. The number of hydrogen-bond acceptors (Lipinski definition) is 2. The Morgan fingerprint density at radius 1 is 1.24 bits per heavy atom. The zero-order chi connectivity index (χ0) is 12.4. The van der Waals surface area contributed by atoms with Crippen LogP contribution in [0.1, 0.15) is 29.0 Å². The van der Waals surface area contributed by atoms with Crippen LogP contribution in [-0.4, -0.2) is 0 Å². The number of benzene rings is 1. The first-order valence-corrected chi connectivity index (χ1v) is 7.31. The van der Waals surface area contributed by atoms with Gasteiger partial charge in [0.2, 0.25) is 0 Å². The third-order valence-corrected chi connectivity index (χ3v) is 4.66. The van der Waals surface area contributed by atoms with Crippen molar-refractivity contribution in [2.45, 2.75) is 26.8 Å². The van der Waals surface area contributed by atoms with Crippen molar-refractivity contribution in [3.63, 3.8) is 0 Å². The average molecular weight is 310 g/mol. The summed E-state index contributed by atoms with van der Waals surface area (Å²) in [6.45, 7) is 6.45. The molecule has 1 unspecified atom stereocenters. The van der Waals surface area contributed by atoms with E-state index in [-0.39, 0.29) is 0 Å². The molecule has 2 aromatic rings. The van der Waals surface area contributed by atoms with Crippen LogP contribution in [0.5, 0.6) is 0 Å². The van der Waals surface area contributed by atoms with E-state index in [1.165, 1.54) is 21.7 Å². The Morgan fingerprint density at radius 3 is 2.65 bits per heavy atom. The van der Waals surface area contributed by atoms with Gasteiger partial charge in [-0.3, -0.25) is 0 Å². The van der Waals surface area contributed by atoms with E-state index in [0.29, 0.717) is 6.04 Å². The Bertz CT molecular complexity index is 519. The highest BCUT2D eigenvalue weighted by Gasteiger charge is 2.09. The van der Waals surface area contributed by atoms with Gasteiger partial charge in [0.25, 0.3) is 0 Å². The third kappa shape index (κ3) is 3.11. The summed E-state index contributed by atoms with van der Waals surface area (Å²) in [5, 5.41) is 5.69. The lowest BCUT2D eigenvalue weighted by atomic mass is 10.1. The van der Waals surface area contributed by atoms with Crippen molar-refractivity contribution in [3.8, 4) is 0 Å². The summed E-state index contributed by atoms with van der Waals surface area (Å²) in [5.41, 5.74) is 3.80. The highest BCUT2D eigenvalue weighted by Crippen LogP contribution is 2.29. The molecule has 17 heavy (non-hydrogen) atoms. The molecule has 3 heteroatoms. The quantitative estimate of drug-likeness (QED) is 0.811. The van der Waals surface area contributed by atoms with Gasteiger partial charge in [-0.1, -0.05) is 12.1 Å². The highest BCUT2D eigenvalue weighted by molar-refractivity contribution is 9.10. The Labute approximate surface area is 115 Å². The third-order valence-electron chi connectivity index (χ3n) is 2.78. The largest absolute Gasteiger partial charge is 0.377 e. The van der Waals surface area contributed by atoms with Crippen molar-refractivity contribution < 1.29 is 0 Å². The van der Waals surface area contributed by atoms with Crippen LogP contribution in [0, 0.1) is 13.8 Å². The van der Waals surface area contributed by atoms with E-state index in [2.05, 4.69) is 71.7 Å². The SMILES string of the molecule is Cc1ccc(C)c(NC(C)c2cc(Br)cs2)c1. The van der Waals surface area contributed by atoms with Crippen LogP contribution in [0.25, 0.3) is 0 Å². The van der Waals surface area contributed by atoms with Crippen molar-refractivity contribution in [1.29, 1.82) is 0 Å². The average Bonchev–Trinajstić information content (AvgIpc) is 2.70. The van der Waals surface area contributed by atoms with Gasteiger partial charge >= 0.3 is 0 Å². The smallest absolute Gasteiger partial charge is 0.0578 e. The molecule has 0 spiro atoms. The number of nitrogens with one attached hydrogen (secondary N) is 1. The molecule has 0 bridgehead atoms. The molecule has 90 valence electrons. The Kier molecular flexibility index (Phi) is 3.89. The van der Waals surface area contributed by atoms with Gasteiger partial charge in [-0.25, -0.2) is 0 Å². The second kappa shape index (κ2) is 5.23. The lowest BCUT2D eigenvalue weighted by Crippen LogP contribution is -2.06. The van der Waals surface area contributed by atoms with E-state index in [1.807, 2.05) is 0 Å². The van der Waals surface area contributed by atoms with Crippen LogP contribution < -0.4 is 5.32 Å². The minimum atomic E-state index is 0.340. The van der Waals surface area contributed by atoms with Gasteiger partial charge in [0.15, 0.2) is 0 Å². The fourth-order valence-electron chi connectivity index (χ4n) is 1.75. The van der Waals surface area contributed by atoms with Crippen molar-refractivity contribution >= 4 is 33.0 Å². The fraction of sp³-hybridized carbons (Fsp3) is 0.286. The molecule has 1 heterocycles. The summed E-state index contributed by atoms with van der Waals surface area (Å²) in [4.78, 5) is 1.35. The zero-order valence-corrected chi connectivity index (χ0v) is 12.7. The monoisotopic (exact) mass is 309 g/mol. The van der Waals surface area contributed by atoms with Gasteiger partial charge in [-0.2, -0.15) is 0 Å². The number of rotatable bonds is 3. The predicted molar refractivity (Wildman–Crippen MR) is 80.0 cm³/mol. The molecule has 0 radical (unpaired) electrons. The van der Waals surface area contributed by atoms with E-state index >= 15 is 0 Å². The summed E-state index contributed by atoms with van der Waals surface area (Å²) in [5.74, 6) is 0. The molecule has 0 saturated heterocycles. The lowest BCUT2D eigenvalue weighted by Gasteiger charge is -2.16. The molecular weight excluding hydrogens is 294 g/mol. The van der Waals surface area contributed by atoms with E-state index in [1.54, 1.807) is 11.3 Å². The highest BCUT2D eigenvalue weighted by atomic mass is 79.9. The molecule has 0 aliphatic heterocycles. The van der Waals surface area contributed by atoms with E-state index in [0.717, 1.165) is 4.47 Å². The number of hydrogen-bond donors (Lipinski definition) is 1. The van der Waals surface area contributed by atoms with Crippen LogP contribution in [0.2, 0.25) is 0 Å². The lowest BCUT2D eigenvalue weighted by molar-refractivity contribution is 0.904. The maximum atomic E-state index is 3.57. The number of thiophene rings is 1. The van der Waals surface area contributed by atoms with Crippen molar-refractivity contribution in [3.05, 3.63) is 50.1 Å². The molecule has 1 nitrogen and oxygen atoms in total. The Hall–Kier alpha value is -0.800. The maximum Gasteiger partial charge on any atom is 0.0578 e. The number of halogens is 1. The van der Waals surface area contributed by atoms with Gasteiger partial charge in [-0.05, 0) is 60.0 Å². The topological polar surface area (TPSA) is 12.0 Å². The summed E-state index contributed by atoms with van der Waals surface area (Å²) >= 11 is 5.27. The Morgan fingerprint density at radius 2 is 2.00 bits per heavy atom. The summed E-state index contributed by atoms with van der Waals surface area (Å²) in [6, 6.07) is 9.02. The minimum Gasteiger partial charge on any atom is -0.377 e. The molecule has 0 aliphatic rings. The standard InChI is InChI=1S/C14H16BrNS/c1-9-4-5-10(2)13(6-9)16-11(3)14-7-12(15)8-17-14/h4-8,11,16H,1-3H3. The summed E-state index contributed by atoms with van der Waals surface area (Å²) < 4.78 is 1.16. The molecule has 0 amide bonds. The van der Waals surface area contributed by atoms with Crippen LogP contribution >= 0.6 is 27.3 Å². The van der Waals surface area contributed by atoms with Gasteiger partial charge < -0.3 is 5.32 Å². The van der Waals surface area contributed by atoms with Gasteiger partial charge in [0, 0.05) is 20.4 Å². The molecular formula is C14H16BrNS. The first-order chi connectivity index (χ1) is 8.06. The minimum absolute atomic E-state index is 0.340. The number of aryl methyl sites for hydroxylation is 2. The van der Waals surface area contributed by atoms with E-state index in [4.69, 9.17) is 0 Å². The van der Waals surface area contributed by atoms with Crippen LogP contribution in [0.4, 0.5) is 5.69 Å². The Balaban J connectivity index is 2.18. The van der Waals surface area contributed by atoms with Gasteiger partial charge in [-0.15, -0.1) is 11.3 Å². The molecule has 1 atom stereocenters. The van der Waals surface area contributed by atoms with Gasteiger partial charge in [0.05, 0.1) is 6.04 Å². The second-order valence-corrected chi connectivity index (χ2v) is 6.21. The normalized spacial score (nSPS) is 12.5. The van der Waals surface area contributed by atoms with Crippen LogP contribution in [-0.2, 0) is 0 Å². The van der Waals surface area contributed by atoms with Crippen molar-refractivity contribution in [1.82, 2.24) is 0 Å². The molecule has 1 aromatic heterocycles. The first kappa shape index (κ1) is 12.7. The predicted octanol–water partition coefficient (Wildman–Crippen LogP) is 5.30. The zero-order valence-electron chi connectivity index (χ0n) is 10.3. The summed E-state index contributed by atoms with van der Waals surface area (Å²) in [7, 11) is 0. The summed E-state index contributed by atoms with van der Waals surface area (Å²) in [6.07, 6.45) is 0. The maximum absolute atomic E-state index is 3.57. The first-order valence-electron chi connectivity index (χ1n) is 5.64. The molecule has 0 aliphatic carbocycles. The fourth-order valence-corrected chi connectivity index (χ4v) is 3.20. The molecule has 1 aromatic carbocycles.